The number of benzene rings is 1. The fraction of sp³-hybridized carbons (Fsp3) is 0.500. The van der Waals surface area contributed by atoms with E-state index in [1.807, 2.05) is 24.3 Å². The Kier molecular flexibility index (Phi) is 4.59. The van der Waals surface area contributed by atoms with Crippen LogP contribution in [0, 0.1) is 5.92 Å². The highest BCUT2D eigenvalue weighted by atomic mass is 16.5. The zero-order valence-corrected chi connectivity index (χ0v) is 10.5. The standard InChI is InChI=1S/C14H20N2O2/c15-9-10-18-13-7-5-12(6-8-13)16-14(17)11-3-1-2-4-11/h5-8,11H,1-4,9-10,15H2,(H,16,17). The van der Waals surface area contributed by atoms with Crippen molar-refractivity contribution < 1.29 is 9.53 Å². The van der Waals surface area contributed by atoms with Crippen LogP contribution in [0.15, 0.2) is 24.3 Å². The minimum absolute atomic E-state index is 0.142. The molecule has 4 heteroatoms. The van der Waals surface area contributed by atoms with Crippen molar-refractivity contribution >= 4 is 11.6 Å². The lowest BCUT2D eigenvalue weighted by Gasteiger charge is -2.11. The highest BCUT2D eigenvalue weighted by molar-refractivity contribution is 5.92. The van der Waals surface area contributed by atoms with Gasteiger partial charge in [-0.2, -0.15) is 0 Å². The molecule has 0 radical (unpaired) electrons. The third kappa shape index (κ3) is 3.47. The topological polar surface area (TPSA) is 64.3 Å². The number of amides is 1. The van der Waals surface area contributed by atoms with Crippen molar-refractivity contribution in [3.8, 4) is 5.75 Å². The van der Waals surface area contributed by atoms with Crippen LogP contribution in [0.1, 0.15) is 25.7 Å². The summed E-state index contributed by atoms with van der Waals surface area (Å²) in [5.74, 6) is 1.11. The summed E-state index contributed by atoms with van der Waals surface area (Å²) in [7, 11) is 0. The van der Waals surface area contributed by atoms with E-state index < -0.39 is 0 Å². The van der Waals surface area contributed by atoms with Gasteiger partial charge < -0.3 is 15.8 Å². The number of nitrogens with one attached hydrogen (secondary N) is 1. The highest BCUT2D eigenvalue weighted by Crippen LogP contribution is 2.26. The number of anilines is 1. The maximum atomic E-state index is 11.9. The van der Waals surface area contributed by atoms with Gasteiger partial charge in [0.25, 0.3) is 0 Å². The van der Waals surface area contributed by atoms with Gasteiger partial charge in [-0.05, 0) is 37.1 Å². The Morgan fingerprint density at radius 1 is 1.28 bits per heavy atom. The van der Waals surface area contributed by atoms with Crippen LogP contribution >= 0.6 is 0 Å². The summed E-state index contributed by atoms with van der Waals surface area (Å²) in [5, 5.41) is 2.95. The van der Waals surface area contributed by atoms with Crippen molar-refractivity contribution in [3.05, 3.63) is 24.3 Å². The van der Waals surface area contributed by atoms with Crippen LogP contribution in [0.4, 0.5) is 5.69 Å². The molecule has 4 nitrogen and oxygen atoms in total. The van der Waals surface area contributed by atoms with E-state index in [4.69, 9.17) is 10.5 Å². The van der Waals surface area contributed by atoms with E-state index in [2.05, 4.69) is 5.32 Å². The summed E-state index contributed by atoms with van der Waals surface area (Å²) >= 11 is 0. The van der Waals surface area contributed by atoms with E-state index in [-0.39, 0.29) is 11.8 Å². The summed E-state index contributed by atoms with van der Waals surface area (Å²) in [5.41, 5.74) is 6.19. The first-order chi connectivity index (χ1) is 8.79. The van der Waals surface area contributed by atoms with Gasteiger partial charge in [0.15, 0.2) is 0 Å². The van der Waals surface area contributed by atoms with Crippen LogP contribution in [0.5, 0.6) is 5.75 Å². The van der Waals surface area contributed by atoms with Crippen LogP contribution in [0.3, 0.4) is 0 Å². The lowest BCUT2D eigenvalue weighted by Crippen LogP contribution is -2.20. The molecule has 1 aliphatic rings. The van der Waals surface area contributed by atoms with Crippen LogP contribution in [0.2, 0.25) is 0 Å². The Bertz CT molecular complexity index is 383. The molecular formula is C14H20N2O2. The lowest BCUT2D eigenvalue weighted by atomic mass is 10.1. The number of carbonyl (C=O) groups excluding carboxylic acids is 1. The maximum Gasteiger partial charge on any atom is 0.227 e. The SMILES string of the molecule is NCCOc1ccc(NC(=O)C2CCCC2)cc1. The third-order valence-corrected chi connectivity index (χ3v) is 3.23. The largest absolute Gasteiger partial charge is 0.492 e. The minimum atomic E-state index is 0.142. The average molecular weight is 248 g/mol. The van der Waals surface area contributed by atoms with Gasteiger partial charge in [0.2, 0.25) is 5.91 Å². The predicted octanol–water partition coefficient (Wildman–Crippen LogP) is 2.15. The van der Waals surface area contributed by atoms with Gasteiger partial charge in [-0.25, -0.2) is 0 Å². The van der Waals surface area contributed by atoms with Crippen molar-refractivity contribution in [3.63, 3.8) is 0 Å². The molecule has 1 aromatic carbocycles. The summed E-state index contributed by atoms with van der Waals surface area (Å²) in [6.07, 6.45) is 4.38. The summed E-state index contributed by atoms with van der Waals surface area (Å²) < 4.78 is 5.38. The van der Waals surface area contributed by atoms with Crippen molar-refractivity contribution in [2.45, 2.75) is 25.7 Å². The molecule has 3 N–H and O–H groups in total. The van der Waals surface area contributed by atoms with E-state index in [1.54, 1.807) is 0 Å². The van der Waals surface area contributed by atoms with Gasteiger partial charge in [0.05, 0.1) is 0 Å². The molecule has 0 spiro atoms. The normalized spacial score (nSPS) is 15.6. The number of nitrogens with two attached hydrogens (primary N) is 1. The molecule has 2 rings (SSSR count). The summed E-state index contributed by atoms with van der Waals surface area (Å²) in [4.78, 5) is 11.9. The van der Waals surface area contributed by atoms with Gasteiger partial charge in [-0.15, -0.1) is 0 Å². The molecule has 1 aliphatic carbocycles. The second-order valence-corrected chi connectivity index (χ2v) is 4.63. The van der Waals surface area contributed by atoms with Crippen molar-refractivity contribution in [2.24, 2.45) is 11.7 Å². The van der Waals surface area contributed by atoms with Gasteiger partial charge in [0.1, 0.15) is 12.4 Å². The van der Waals surface area contributed by atoms with E-state index in [9.17, 15) is 4.79 Å². The fourth-order valence-electron chi connectivity index (χ4n) is 2.24. The minimum Gasteiger partial charge on any atom is -0.492 e. The second kappa shape index (κ2) is 6.40. The Hall–Kier alpha value is -1.55. The van der Waals surface area contributed by atoms with Crippen molar-refractivity contribution in [1.82, 2.24) is 0 Å². The van der Waals surface area contributed by atoms with Gasteiger partial charge in [0, 0.05) is 18.2 Å². The van der Waals surface area contributed by atoms with Gasteiger partial charge >= 0.3 is 0 Å². The van der Waals surface area contributed by atoms with E-state index in [0.717, 1.165) is 24.3 Å². The molecule has 0 saturated heterocycles. The predicted molar refractivity (Wildman–Crippen MR) is 71.6 cm³/mol. The Labute approximate surface area is 108 Å². The van der Waals surface area contributed by atoms with E-state index >= 15 is 0 Å². The lowest BCUT2D eigenvalue weighted by molar-refractivity contribution is -0.119. The molecule has 0 bridgehead atoms. The van der Waals surface area contributed by atoms with Crippen molar-refractivity contribution in [1.29, 1.82) is 0 Å². The molecule has 1 amide bonds. The Morgan fingerprint density at radius 2 is 1.94 bits per heavy atom. The Morgan fingerprint density at radius 3 is 2.56 bits per heavy atom. The number of carbonyl (C=O) groups is 1. The number of hydrogen-bond acceptors (Lipinski definition) is 3. The van der Waals surface area contributed by atoms with Crippen LogP contribution in [-0.2, 0) is 4.79 Å². The van der Waals surface area contributed by atoms with Gasteiger partial charge in [-0.3, -0.25) is 4.79 Å². The molecule has 1 fully saturated rings. The van der Waals surface area contributed by atoms with Crippen LogP contribution in [0.25, 0.3) is 0 Å². The molecule has 0 aliphatic heterocycles. The first-order valence-electron chi connectivity index (χ1n) is 6.53. The second-order valence-electron chi connectivity index (χ2n) is 4.63. The van der Waals surface area contributed by atoms with E-state index in [0.29, 0.717) is 13.2 Å². The molecule has 0 aromatic heterocycles. The molecule has 0 atom stereocenters. The van der Waals surface area contributed by atoms with Crippen LogP contribution < -0.4 is 15.8 Å². The van der Waals surface area contributed by atoms with Crippen LogP contribution in [-0.4, -0.2) is 19.1 Å². The first-order valence-corrected chi connectivity index (χ1v) is 6.53. The van der Waals surface area contributed by atoms with E-state index in [1.165, 1.54) is 12.8 Å². The number of rotatable bonds is 5. The fourth-order valence-corrected chi connectivity index (χ4v) is 2.24. The summed E-state index contributed by atoms with van der Waals surface area (Å²) in [6, 6.07) is 7.41. The molecule has 0 unspecified atom stereocenters. The monoisotopic (exact) mass is 248 g/mol. The first kappa shape index (κ1) is 12.9. The van der Waals surface area contributed by atoms with Crippen molar-refractivity contribution in [2.75, 3.05) is 18.5 Å². The Balaban J connectivity index is 1.87. The zero-order chi connectivity index (χ0) is 12.8. The highest BCUT2D eigenvalue weighted by Gasteiger charge is 2.22. The third-order valence-electron chi connectivity index (χ3n) is 3.23. The number of ether oxygens (including phenoxy) is 1. The molecule has 1 saturated carbocycles. The maximum absolute atomic E-state index is 11.9. The van der Waals surface area contributed by atoms with Gasteiger partial charge in [-0.1, -0.05) is 12.8 Å². The molecule has 98 valence electrons. The average Bonchev–Trinajstić information content (AvgIpc) is 2.92. The quantitative estimate of drug-likeness (QED) is 0.839. The molecule has 0 heterocycles. The smallest absolute Gasteiger partial charge is 0.227 e. The molecule has 1 aromatic rings. The molecular weight excluding hydrogens is 228 g/mol. The molecule has 18 heavy (non-hydrogen) atoms. The zero-order valence-electron chi connectivity index (χ0n) is 10.5. The number of hydrogen-bond donors (Lipinski definition) is 2. The summed E-state index contributed by atoms with van der Waals surface area (Å²) in [6.45, 7) is 1.01.